The van der Waals surface area contributed by atoms with Crippen LogP contribution in [0.15, 0.2) is 24.3 Å². The maximum absolute atomic E-state index is 10.8. The minimum Gasteiger partial charge on any atom is -0.497 e. The molecule has 0 radical (unpaired) electrons. The van der Waals surface area contributed by atoms with E-state index in [1.165, 1.54) is 24.8 Å². The molecule has 21 heavy (non-hydrogen) atoms. The Morgan fingerprint density at radius 1 is 1.29 bits per heavy atom. The smallest absolute Gasteiger partial charge is 0.218 e. The minimum absolute atomic E-state index is 0.198. The lowest BCUT2D eigenvalue weighted by Crippen LogP contribution is -2.36. The third-order valence-electron chi connectivity index (χ3n) is 4.38. The molecule has 0 aromatic heterocycles. The first-order valence-corrected chi connectivity index (χ1v) is 7.81. The van der Waals surface area contributed by atoms with Crippen LogP contribution in [0.4, 0.5) is 0 Å². The SMILES string of the molecule is COc1ccc(CCC2CCN(CCC(N)=O)CC2)cc1. The zero-order valence-corrected chi connectivity index (χ0v) is 12.9. The molecule has 0 saturated carbocycles. The molecule has 1 saturated heterocycles. The van der Waals surface area contributed by atoms with Crippen molar-refractivity contribution < 1.29 is 9.53 Å². The van der Waals surface area contributed by atoms with Gasteiger partial charge in [-0.2, -0.15) is 0 Å². The van der Waals surface area contributed by atoms with Gasteiger partial charge in [0.05, 0.1) is 7.11 Å². The molecule has 1 aromatic carbocycles. The van der Waals surface area contributed by atoms with Crippen molar-refractivity contribution in [1.29, 1.82) is 0 Å². The first-order chi connectivity index (χ1) is 10.2. The summed E-state index contributed by atoms with van der Waals surface area (Å²) in [6, 6.07) is 8.37. The predicted octanol–water partition coefficient (Wildman–Crippen LogP) is 2.22. The molecule has 0 unspecified atom stereocenters. The summed E-state index contributed by atoms with van der Waals surface area (Å²) in [6.07, 6.45) is 5.33. The van der Waals surface area contributed by atoms with Crippen molar-refractivity contribution in [3.05, 3.63) is 29.8 Å². The van der Waals surface area contributed by atoms with Crippen LogP contribution in [0.3, 0.4) is 0 Å². The summed E-state index contributed by atoms with van der Waals surface area (Å²) in [7, 11) is 1.70. The summed E-state index contributed by atoms with van der Waals surface area (Å²) >= 11 is 0. The highest BCUT2D eigenvalue weighted by atomic mass is 16.5. The Balaban J connectivity index is 1.67. The van der Waals surface area contributed by atoms with E-state index < -0.39 is 0 Å². The molecule has 0 aliphatic carbocycles. The second-order valence-corrected chi connectivity index (χ2v) is 5.89. The number of nitrogens with two attached hydrogens (primary N) is 1. The van der Waals surface area contributed by atoms with Crippen LogP contribution in [0.2, 0.25) is 0 Å². The summed E-state index contributed by atoms with van der Waals surface area (Å²) in [4.78, 5) is 13.2. The van der Waals surface area contributed by atoms with Crippen LogP contribution in [0.1, 0.15) is 31.2 Å². The van der Waals surface area contributed by atoms with E-state index in [4.69, 9.17) is 10.5 Å². The van der Waals surface area contributed by atoms with Gasteiger partial charge in [0.1, 0.15) is 5.75 Å². The number of ether oxygens (including phenoxy) is 1. The molecule has 4 nitrogen and oxygen atoms in total. The van der Waals surface area contributed by atoms with Crippen molar-refractivity contribution >= 4 is 5.91 Å². The fourth-order valence-electron chi connectivity index (χ4n) is 2.93. The third kappa shape index (κ3) is 5.38. The molecule has 1 amide bonds. The molecule has 0 spiro atoms. The van der Waals surface area contributed by atoms with Gasteiger partial charge in [-0.1, -0.05) is 12.1 Å². The monoisotopic (exact) mass is 290 g/mol. The molecule has 0 atom stereocenters. The highest BCUT2D eigenvalue weighted by molar-refractivity contribution is 5.73. The quantitative estimate of drug-likeness (QED) is 0.837. The molecule has 0 bridgehead atoms. The summed E-state index contributed by atoms with van der Waals surface area (Å²) in [5, 5.41) is 0. The van der Waals surface area contributed by atoms with Crippen molar-refractivity contribution in [3.8, 4) is 5.75 Å². The van der Waals surface area contributed by atoms with Gasteiger partial charge >= 0.3 is 0 Å². The number of primary amides is 1. The van der Waals surface area contributed by atoms with E-state index in [-0.39, 0.29) is 5.91 Å². The third-order valence-corrected chi connectivity index (χ3v) is 4.38. The fraction of sp³-hybridized carbons (Fsp3) is 0.588. The van der Waals surface area contributed by atoms with Gasteiger partial charge in [0.25, 0.3) is 0 Å². The maximum atomic E-state index is 10.8. The summed E-state index contributed by atoms with van der Waals surface area (Å²) < 4.78 is 5.18. The highest BCUT2D eigenvalue weighted by Crippen LogP contribution is 2.23. The molecule has 1 heterocycles. The molecule has 1 aromatic rings. The summed E-state index contributed by atoms with van der Waals surface area (Å²) in [5.74, 6) is 1.52. The minimum atomic E-state index is -0.198. The van der Waals surface area contributed by atoms with E-state index in [9.17, 15) is 4.79 Å². The molecular formula is C17H26N2O2. The Labute approximate surface area is 127 Å². The van der Waals surface area contributed by atoms with E-state index in [1.807, 2.05) is 12.1 Å². The van der Waals surface area contributed by atoms with Gasteiger partial charge < -0.3 is 15.4 Å². The lowest BCUT2D eigenvalue weighted by atomic mass is 9.90. The van der Waals surface area contributed by atoms with E-state index in [0.29, 0.717) is 6.42 Å². The Morgan fingerprint density at radius 2 is 1.95 bits per heavy atom. The zero-order chi connectivity index (χ0) is 15.1. The number of carbonyl (C=O) groups excluding carboxylic acids is 1. The molecule has 4 heteroatoms. The number of hydrogen-bond donors (Lipinski definition) is 1. The van der Waals surface area contributed by atoms with Crippen LogP contribution in [0.25, 0.3) is 0 Å². The van der Waals surface area contributed by atoms with E-state index in [2.05, 4.69) is 17.0 Å². The van der Waals surface area contributed by atoms with Crippen molar-refractivity contribution in [2.45, 2.75) is 32.1 Å². The van der Waals surface area contributed by atoms with Gasteiger partial charge in [0.15, 0.2) is 0 Å². The van der Waals surface area contributed by atoms with Crippen LogP contribution in [-0.2, 0) is 11.2 Å². The van der Waals surface area contributed by atoms with Gasteiger partial charge in [0.2, 0.25) is 5.91 Å². The normalized spacial score (nSPS) is 16.8. The average Bonchev–Trinajstić information content (AvgIpc) is 2.52. The molecule has 116 valence electrons. The molecular weight excluding hydrogens is 264 g/mol. The summed E-state index contributed by atoms with van der Waals surface area (Å²) in [6.45, 7) is 3.02. The number of rotatable bonds is 7. The Kier molecular flexibility index (Phi) is 6.05. The van der Waals surface area contributed by atoms with Gasteiger partial charge in [-0.25, -0.2) is 0 Å². The van der Waals surface area contributed by atoms with Crippen LogP contribution >= 0.6 is 0 Å². The van der Waals surface area contributed by atoms with E-state index in [1.54, 1.807) is 7.11 Å². The number of piperidine rings is 1. The molecule has 2 N–H and O–H groups in total. The second kappa shape index (κ2) is 8.03. The molecule has 1 aliphatic rings. The van der Waals surface area contributed by atoms with Gasteiger partial charge in [-0.05, 0) is 62.4 Å². The molecule has 1 aliphatic heterocycles. The number of carbonyl (C=O) groups is 1. The number of likely N-dealkylation sites (tertiary alicyclic amines) is 1. The second-order valence-electron chi connectivity index (χ2n) is 5.89. The van der Waals surface area contributed by atoms with Crippen LogP contribution in [0.5, 0.6) is 5.75 Å². The first kappa shape index (κ1) is 15.8. The first-order valence-electron chi connectivity index (χ1n) is 7.81. The lowest BCUT2D eigenvalue weighted by Gasteiger charge is -2.31. The number of methoxy groups -OCH3 is 1. The number of hydrogen-bond acceptors (Lipinski definition) is 3. The fourth-order valence-corrected chi connectivity index (χ4v) is 2.93. The Morgan fingerprint density at radius 3 is 2.52 bits per heavy atom. The van der Waals surface area contributed by atoms with Gasteiger partial charge in [-0.15, -0.1) is 0 Å². The topological polar surface area (TPSA) is 55.6 Å². The van der Waals surface area contributed by atoms with Crippen LogP contribution in [0, 0.1) is 5.92 Å². The number of aryl methyl sites for hydroxylation is 1. The zero-order valence-electron chi connectivity index (χ0n) is 12.9. The van der Waals surface area contributed by atoms with Gasteiger partial charge in [-0.3, -0.25) is 4.79 Å². The molecule has 1 fully saturated rings. The maximum Gasteiger partial charge on any atom is 0.218 e. The van der Waals surface area contributed by atoms with Crippen molar-refractivity contribution in [2.24, 2.45) is 11.7 Å². The number of amides is 1. The van der Waals surface area contributed by atoms with Crippen LogP contribution in [-0.4, -0.2) is 37.6 Å². The lowest BCUT2D eigenvalue weighted by molar-refractivity contribution is -0.118. The van der Waals surface area contributed by atoms with E-state index >= 15 is 0 Å². The largest absolute Gasteiger partial charge is 0.497 e. The standard InChI is InChI=1S/C17H26N2O2/c1-21-16-6-4-14(5-7-16)2-3-15-8-11-19(12-9-15)13-10-17(18)20/h4-7,15H,2-3,8-13H2,1H3,(H2,18,20). The van der Waals surface area contributed by atoms with Crippen molar-refractivity contribution in [2.75, 3.05) is 26.7 Å². The predicted molar refractivity (Wildman–Crippen MR) is 84.3 cm³/mol. The highest BCUT2D eigenvalue weighted by Gasteiger charge is 2.19. The van der Waals surface area contributed by atoms with Crippen molar-refractivity contribution in [1.82, 2.24) is 4.90 Å². The van der Waals surface area contributed by atoms with Crippen molar-refractivity contribution in [3.63, 3.8) is 0 Å². The Hall–Kier alpha value is -1.55. The van der Waals surface area contributed by atoms with Crippen LogP contribution < -0.4 is 10.5 Å². The number of nitrogens with zero attached hydrogens (tertiary/aromatic N) is 1. The number of benzene rings is 1. The van der Waals surface area contributed by atoms with Gasteiger partial charge in [0, 0.05) is 13.0 Å². The average molecular weight is 290 g/mol. The van der Waals surface area contributed by atoms with E-state index in [0.717, 1.165) is 37.7 Å². The summed E-state index contributed by atoms with van der Waals surface area (Å²) in [5.41, 5.74) is 6.58. The Bertz CT molecular complexity index is 437. The molecule has 2 rings (SSSR count).